The summed E-state index contributed by atoms with van der Waals surface area (Å²) in [5.74, 6) is -0.246. The molecule has 0 aliphatic rings. The van der Waals surface area contributed by atoms with Crippen molar-refractivity contribution in [2.45, 2.75) is 6.36 Å². The van der Waals surface area contributed by atoms with Crippen LogP contribution in [-0.4, -0.2) is 18.5 Å². The van der Waals surface area contributed by atoms with Gasteiger partial charge in [-0.05, 0) is 36.4 Å². The normalized spacial score (nSPS) is 11.5. The first kappa shape index (κ1) is 17.0. The third-order valence-electron chi connectivity index (χ3n) is 2.63. The van der Waals surface area contributed by atoms with Crippen molar-refractivity contribution in [3.8, 4) is 5.75 Å². The molecule has 23 heavy (non-hydrogen) atoms. The molecular weight excluding hydrogens is 375 g/mol. The summed E-state index contributed by atoms with van der Waals surface area (Å²) >= 11 is 3.30. The number of aliphatic imine (C=N–C) groups is 1. The van der Waals surface area contributed by atoms with Crippen molar-refractivity contribution >= 4 is 33.8 Å². The molecular formula is C15H11BrF3N3O. The molecule has 0 radical (unpaired) electrons. The van der Waals surface area contributed by atoms with Crippen molar-refractivity contribution in [3.05, 3.63) is 58.6 Å². The van der Waals surface area contributed by atoms with Crippen LogP contribution in [0.2, 0.25) is 0 Å². The lowest BCUT2D eigenvalue weighted by Gasteiger charge is -2.09. The fourth-order valence-corrected chi connectivity index (χ4v) is 1.87. The van der Waals surface area contributed by atoms with E-state index >= 15 is 0 Å². The van der Waals surface area contributed by atoms with Gasteiger partial charge in [0.2, 0.25) is 0 Å². The van der Waals surface area contributed by atoms with Crippen LogP contribution < -0.4 is 10.1 Å². The van der Waals surface area contributed by atoms with Crippen molar-refractivity contribution in [1.82, 2.24) is 0 Å². The monoisotopic (exact) mass is 385 g/mol. The molecule has 0 unspecified atom stereocenters. The molecule has 0 atom stereocenters. The van der Waals surface area contributed by atoms with Gasteiger partial charge in [0.15, 0.2) is 5.84 Å². The molecule has 120 valence electrons. The maximum atomic E-state index is 12.0. The summed E-state index contributed by atoms with van der Waals surface area (Å²) in [6.07, 6.45) is -3.42. The minimum atomic E-state index is -4.71. The Bertz CT molecular complexity index is 697. The lowest BCUT2D eigenvalue weighted by Crippen LogP contribution is -2.17. The van der Waals surface area contributed by atoms with Crippen molar-refractivity contribution in [2.24, 2.45) is 4.99 Å². The van der Waals surface area contributed by atoms with Crippen LogP contribution in [0.4, 0.5) is 18.9 Å². The standard InChI is InChI=1S/C15H11BrF3N3O/c16-11-3-1-10(2-4-11)14(20)22-9-21-12-5-7-13(8-6-12)23-15(17,18)19/h1-9H,(H2,20,21,22). The van der Waals surface area contributed by atoms with Crippen LogP contribution in [0, 0.1) is 5.41 Å². The minimum Gasteiger partial charge on any atom is -0.406 e. The number of nitrogens with zero attached hydrogens (tertiary/aromatic N) is 1. The molecule has 4 nitrogen and oxygen atoms in total. The Labute approximate surface area is 138 Å². The zero-order chi connectivity index (χ0) is 16.9. The molecule has 0 amide bonds. The van der Waals surface area contributed by atoms with Crippen LogP contribution >= 0.6 is 15.9 Å². The van der Waals surface area contributed by atoms with Crippen LogP contribution in [0.15, 0.2) is 58.0 Å². The van der Waals surface area contributed by atoms with Gasteiger partial charge in [-0.25, -0.2) is 4.99 Å². The van der Waals surface area contributed by atoms with E-state index in [0.29, 0.717) is 11.3 Å². The Hall–Kier alpha value is -2.35. The van der Waals surface area contributed by atoms with Gasteiger partial charge in [-0.2, -0.15) is 0 Å². The third kappa shape index (κ3) is 5.74. The van der Waals surface area contributed by atoms with Gasteiger partial charge >= 0.3 is 6.36 Å². The molecule has 0 fully saturated rings. The lowest BCUT2D eigenvalue weighted by atomic mass is 10.2. The fourth-order valence-electron chi connectivity index (χ4n) is 1.61. The maximum Gasteiger partial charge on any atom is 0.573 e. The SMILES string of the molecule is N=C(/N=C\Nc1ccc(OC(F)(F)F)cc1)c1ccc(Br)cc1. The molecule has 0 aromatic heterocycles. The van der Waals surface area contributed by atoms with E-state index in [4.69, 9.17) is 5.41 Å². The molecule has 2 N–H and O–H groups in total. The Morgan fingerprint density at radius 3 is 2.26 bits per heavy atom. The number of anilines is 1. The van der Waals surface area contributed by atoms with Crippen LogP contribution in [0.3, 0.4) is 0 Å². The van der Waals surface area contributed by atoms with Crippen LogP contribution in [0.5, 0.6) is 5.75 Å². The van der Waals surface area contributed by atoms with E-state index in [0.717, 1.165) is 4.47 Å². The van der Waals surface area contributed by atoms with Gasteiger partial charge in [0.05, 0.1) is 6.34 Å². The van der Waals surface area contributed by atoms with Gasteiger partial charge in [0.1, 0.15) is 5.75 Å². The Kier molecular flexibility index (Phi) is 5.38. The molecule has 8 heteroatoms. The second kappa shape index (κ2) is 7.28. The molecule has 2 aromatic carbocycles. The van der Waals surface area contributed by atoms with Crippen molar-refractivity contribution < 1.29 is 17.9 Å². The topological polar surface area (TPSA) is 57.5 Å². The number of hydrogen-bond acceptors (Lipinski definition) is 2. The summed E-state index contributed by atoms with van der Waals surface area (Å²) in [7, 11) is 0. The van der Waals surface area contributed by atoms with Gasteiger partial charge < -0.3 is 10.1 Å². The summed E-state index contributed by atoms with van der Waals surface area (Å²) in [4.78, 5) is 3.92. The zero-order valence-electron chi connectivity index (χ0n) is 11.6. The first-order valence-electron chi connectivity index (χ1n) is 6.33. The third-order valence-corrected chi connectivity index (χ3v) is 3.16. The predicted octanol–water partition coefficient (Wildman–Crippen LogP) is 4.81. The van der Waals surface area contributed by atoms with Crippen LogP contribution in [-0.2, 0) is 0 Å². The largest absolute Gasteiger partial charge is 0.573 e. The van der Waals surface area contributed by atoms with Gasteiger partial charge in [-0.15, -0.1) is 13.2 Å². The number of hydrogen-bond donors (Lipinski definition) is 2. The van der Waals surface area contributed by atoms with Gasteiger partial charge in [0, 0.05) is 15.7 Å². The Morgan fingerprint density at radius 2 is 1.70 bits per heavy atom. The number of nitrogens with one attached hydrogen (secondary N) is 2. The number of halogens is 4. The highest BCUT2D eigenvalue weighted by atomic mass is 79.9. The van der Waals surface area contributed by atoms with E-state index < -0.39 is 6.36 Å². The van der Waals surface area contributed by atoms with E-state index in [1.54, 1.807) is 24.3 Å². The summed E-state index contributed by atoms with van der Waals surface area (Å²) in [5.41, 5.74) is 1.16. The first-order chi connectivity index (χ1) is 10.8. The Morgan fingerprint density at radius 1 is 1.09 bits per heavy atom. The maximum absolute atomic E-state index is 12.0. The molecule has 0 saturated heterocycles. The lowest BCUT2D eigenvalue weighted by molar-refractivity contribution is -0.274. The molecule has 0 heterocycles. The molecule has 0 aliphatic carbocycles. The second-order valence-corrected chi connectivity index (χ2v) is 5.25. The number of alkyl halides is 3. The number of ether oxygens (including phenoxy) is 1. The molecule has 0 aliphatic heterocycles. The van der Waals surface area contributed by atoms with Crippen LogP contribution in [0.25, 0.3) is 0 Å². The summed E-state index contributed by atoms with van der Waals surface area (Å²) in [6.45, 7) is 0. The van der Waals surface area contributed by atoms with Crippen molar-refractivity contribution in [3.63, 3.8) is 0 Å². The fraction of sp³-hybridized carbons (Fsp3) is 0.0667. The van der Waals surface area contributed by atoms with Gasteiger partial charge in [0.25, 0.3) is 0 Å². The average Bonchev–Trinajstić information content (AvgIpc) is 2.48. The zero-order valence-corrected chi connectivity index (χ0v) is 13.1. The smallest absolute Gasteiger partial charge is 0.406 e. The highest BCUT2D eigenvalue weighted by molar-refractivity contribution is 9.10. The average molecular weight is 386 g/mol. The Balaban J connectivity index is 1.92. The molecule has 0 spiro atoms. The van der Waals surface area contributed by atoms with Crippen molar-refractivity contribution in [1.29, 1.82) is 5.41 Å². The minimum absolute atomic E-state index is 0.0574. The van der Waals surface area contributed by atoms with Gasteiger partial charge in [-0.1, -0.05) is 28.1 Å². The van der Waals surface area contributed by atoms with E-state index in [2.05, 4.69) is 31.0 Å². The number of benzene rings is 2. The highest BCUT2D eigenvalue weighted by Gasteiger charge is 2.30. The summed E-state index contributed by atoms with van der Waals surface area (Å²) in [5, 5.41) is 10.6. The number of rotatable bonds is 4. The molecule has 2 aromatic rings. The molecule has 0 saturated carbocycles. The predicted molar refractivity (Wildman–Crippen MR) is 86.2 cm³/mol. The van der Waals surface area contributed by atoms with Crippen LogP contribution in [0.1, 0.15) is 5.56 Å². The van der Waals surface area contributed by atoms with E-state index in [9.17, 15) is 13.2 Å². The van der Waals surface area contributed by atoms with E-state index in [-0.39, 0.29) is 11.6 Å². The first-order valence-corrected chi connectivity index (χ1v) is 7.12. The molecule has 0 bridgehead atoms. The number of amidine groups is 1. The van der Waals surface area contributed by atoms with E-state index in [1.165, 1.54) is 30.6 Å². The van der Waals surface area contributed by atoms with E-state index in [1.807, 2.05) is 0 Å². The van der Waals surface area contributed by atoms with Crippen molar-refractivity contribution in [2.75, 3.05) is 5.32 Å². The van der Waals surface area contributed by atoms with Gasteiger partial charge in [-0.3, -0.25) is 5.41 Å². The summed E-state index contributed by atoms with van der Waals surface area (Å²) < 4.78 is 40.8. The second-order valence-electron chi connectivity index (χ2n) is 4.33. The highest BCUT2D eigenvalue weighted by Crippen LogP contribution is 2.23. The molecule has 2 rings (SSSR count). The summed E-state index contributed by atoms with van der Waals surface area (Å²) in [6, 6.07) is 12.3. The quantitative estimate of drug-likeness (QED) is 0.585.